The van der Waals surface area contributed by atoms with Gasteiger partial charge in [0.25, 0.3) is 0 Å². The number of hydrogen-bond donors (Lipinski definition) is 2. The molecule has 13 heteroatoms. The Morgan fingerprint density at radius 3 is 2.78 bits per heavy atom. The van der Waals surface area contributed by atoms with E-state index in [0.717, 1.165) is 11.6 Å². The van der Waals surface area contributed by atoms with E-state index in [1.165, 1.54) is 4.68 Å². The summed E-state index contributed by atoms with van der Waals surface area (Å²) < 4.78 is 41.8. The van der Waals surface area contributed by atoms with Crippen LogP contribution in [-0.2, 0) is 30.6 Å². The first-order chi connectivity index (χ1) is 15.1. The average Bonchev–Trinajstić information content (AvgIpc) is 3.34. The molecule has 1 aliphatic rings. The molecule has 0 bridgehead atoms. The lowest BCUT2D eigenvalue weighted by Gasteiger charge is -2.27. The van der Waals surface area contributed by atoms with Crippen LogP contribution in [0.1, 0.15) is 29.6 Å². The number of rotatable bonds is 6. The molecule has 0 fully saturated rings. The largest absolute Gasteiger partial charge is 0.435 e. The summed E-state index contributed by atoms with van der Waals surface area (Å²) in [5.41, 5.74) is 1.55. The van der Waals surface area contributed by atoms with Gasteiger partial charge in [-0.3, -0.25) is 14.2 Å². The molecule has 10 nitrogen and oxygen atoms in total. The SMILES string of the molecule is CCn1nc(C(F)(F)F)cc1Cn1cc(CNc2nc(C)c3c(n2)N(C)CC(=O)N3)cn1. The van der Waals surface area contributed by atoms with Crippen LogP contribution in [0.5, 0.6) is 0 Å². The third kappa shape index (κ3) is 4.36. The molecule has 4 heterocycles. The predicted octanol–water partition coefficient (Wildman–Crippen LogP) is 2.27. The van der Waals surface area contributed by atoms with E-state index in [1.54, 1.807) is 42.9 Å². The Balaban J connectivity index is 1.45. The quantitative estimate of drug-likeness (QED) is 0.595. The maximum absolute atomic E-state index is 13.0. The molecule has 0 aromatic carbocycles. The zero-order valence-corrected chi connectivity index (χ0v) is 17.7. The van der Waals surface area contributed by atoms with Crippen molar-refractivity contribution in [1.82, 2.24) is 29.5 Å². The first kappa shape index (κ1) is 21.6. The van der Waals surface area contributed by atoms with E-state index in [1.807, 2.05) is 0 Å². The van der Waals surface area contributed by atoms with Gasteiger partial charge in [0.1, 0.15) is 5.69 Å². The molecule has 0 radical (unpaired) electrons. The van der Waals surface area contributed by atoms with Crippen LogP contribution in [0.4, 0.5) is 30.6 Å². The maximum atomic E-state index is 13.0. The van der Waals surface area contributed by atoms with E-state index in [4.69, 9.17) is 0 Å². The van der Waals surface area contributed by atoms with Crippen molar-refractivity contribution in [2.75, 3.05) is 29.1 Å². The number of anilines is 3. The highest BCUT2D eigenvalue weighted by Gasteiger charge is 2.34. The molecule has 0 unspecified atom stereocenters. The average molecular weight is 449 g/mol. The highest BCUT2D eigenvalue weighted by atomic mass is 19.4. The van der Waals surface area contributed by atoms with Crippen LogP contribution in [0.2, 0.25) is 0 Å². The van der Waals surface area contributed by atoms with Crippen LogP contribution in [0.3, 0.4) is 0 Å². The Bertz CT molecular complexity index is 1150. The summed E-state index contributed by atoms with van der Waals surface area (Å²) in [6.45, 7) is 4.59. The Morgan fingerprint density at radius 1 is 1.28 bits per heavy atom. The normalized spacial score (nSPS) is 13.8. The number of hydrogen-bond acceptors (Lipinski definition) is 7. The van der Waals surface area contributed by atoms with Crippen molar-refractivity contribution in [1.29, 1.82) is 0 Å². The summed E-state index contributed by atoms with van der Waals surface area (Å²) >= 11 is 0. The summed E-state index contributed by atoms with van der Waals surface area (Å²) in [7, 11) is 1.78. The highest BCUT2D eigenvalue weighted by Crippen LogP contribution is 2.30. The number of fused-ring (bicyclic) bond motifs is 1. The first-order valence-electron chi connectivity index (χ1n) is 9.92. The standard InChI is InChI=1S/C19H22F3N9O/c1-4-31-13(5-14(28-31)19(20,21)22)9-30-8-12(7-24-30)6-23-18-25-11(2)16-17(27-18)29(3)10-15(32)26-16/h5,7-8H,4,6,9-10H2,1-3H3,(H,26,32)(H,23,25,27). The van der Waals surface area contributed by atoms with Crippen molar-refractivity contribution in [3.05, 3.63) is 41.1 Å². The van der Waals surface area contributed by atoms with E-state index < -0.39 is 11.9 Å². The van der Waals surface area contributed by atoms with Crippen LogP contribution in [-0.4, -0.2) is 49.0 Å². The summed E-state index contributed by atoms with van der Waals surface area (Å²) in [5.74, 6) is 0.908. The number of halogens is 3. The Labute approximate surface area is 181 Å². The molecule has 0 atom stereocenters. The zero-order valence-electron chi connectivity index (χ0n) is 17.7. The second-order valence-corrected chi connectivity index (χ2v) is 7.47. The van der Waals surface area contributed by atoms with Gasteiger partial charge in [0.05, 0.1) is 30.7 Å². The van der Waals surface area contributed by atoms with Gasteiger partial charge < -0.3 is 15.5 Å². The zero-order chi connectivity index (χ0) is 23.0. The molecule has 3 aromatic rings. The fraction of sp³-hybridized carbons (Fsp3) is 0.421. The minimum Gasteiger partial charge on any atom is -0.350 e. The number of nitrogens with zero attached hydrogens (tertiary/aromatic N) is 7. The van der Waals surface area contributed by atoms with Gasteiger partial charge in [0, 0.05) is 31.9 Å². The lowest BCUT2D eigenvalue weighted by molar-refractivity contribution is -0.141. The van der Waals surface area contributed by atoms with Crippen molar-refractivity contribution in [3.63, 3.8) is 0 Å². The van der Waals surface area contributed by atoms with E-state index in [9.17, 15) is 18.0 Å². The van der Waals surface area contributed by atoms with Crippen molar-refractivity contribution < 1.29 is 18.0 Å². The van der Waals surface area contributed by atoms with Crippen LogP contribution < -0.4 is 15.5 Å². The number of carbonyl (C=O) groups is 1. The second kappa shape index (κ2) is 8.13. The monoisotopic (exact) mass is 449 g/mol. The molecule has 0 saturated heterocycles. The number of alkyl halides is 3. The van der Waals surface area contributed by atoms with Gasteiger partial charge in [-0.25, -0.2) is 4.98 Å². The minimum atomic E-state index is -4.49. The van der Waals surface area contributed by atoms with Gasteiger partial charge in [-0.15, -0.1) is 0 Å². The van der Waals surface area contributed by atoms with Crippen molar-refractivity contribution >= 4 is 23.4 Å². The van der Waals surface area contributed by atoms with Gasteiger partial charge >= 0.3 is 6.18 Å². The summed E-state index contributed by atoms with van der Waals surface area (Å²) in [6, 6.07) is 1.04. The topological polar surface area (TPSA) is 106 Å². The number of nitrogens with one attached hydrogen (secondary N) is 2. The molecule has 4 rings (SSSR count). The lowest BCUT2D eigenvalue weighted by atomic mass is 10.2. The molecule has 1 aliphatic heterocycles. The van der Waals surface area contributed by atoms with Gasteiger partial charge in [0.15, 0.2) is 11.5 Å². The van der Waals surface area contributed by atoms with E-state index in [-0.39, 0.29) is 19.0 Å². The number of aromatic nitrogens is 6. The van der Waals surface area contributed by atoms with Gasteiger partial charge in [-0.1, -0.05) is 0 Å². The molecule has 0 aliphatic carbocycles. The minimum absolute atomic E-state index is 0.119. The van der Waals surface area contributed by atoms with E-state index in [2.05, 4.69) is 30.8 Å². The summed E-state index contributed by atoms with van der Waals surface area (Å²) in [6.07, 6.45) is -1.12. The number of carbonyl (C=O) groups excluding carboxylic acids is 1. The smallest absolute Gasteiger partial charge is 0.350 e. The first-order valence-corrected chi connectivity index (χ1v) is 9.92. The van der Waals surface area contributed by atoms with Crippen LogP contribution >= 0.6 is 0 Å². The lowest BCUT2D eigenvalue weighted by Crippen LogP contribution is -2.36. The maximum Gasteiger partial charge on any atom is 0.435 e. The van der Waals surface area contributed by atoms with E-state index >= 15 is 0 Å². The van der Waals surface area contributed by atoms with Crippen LogP contribution in [0.25, 0.3) is 0 Å². The molecular formula is C19H22F3N9O. The molecular weight excluding hydrogens is 427 g/mol. The molecule has 3 aromatic heterocycles. The molecule has 32 heavy (non-hydrogen) atoms. The van der Waals surface area contributed by atoms with Crippen LogP contribution in [0.15, 0.2) is 18.5 Å². The van der Waals surface area contributed by atoms with Gasteiger partial charge in [-0.05, 0) is 19.9 Å². The summed E-state index contributed by atoms with van der Waals surface area (Å²) in [4.78, 5) is 22.3. The Kier molecular flexibility index (Phi) is 5.48. The molecule has 1 amide bonds. The predicted molar refractivity (Wildman–Crippen MR) is 110 cm³/mol. The van der Waals surface area contributed by atoms with Crippen LogP contribution in [0, 0.1) is 6.92 Å². The highest BCUT2D eigenvalue weighted by molar-refractivity contribution is 6.00. The molecule has 170 valence electrons. The fourth-order valence-corrected chi connectivity index (χ4v) is 3.45. The second-order valence-electron chi connectivity index (χ2n) is 7.47. The van der Waals surface area contributed by atoms with E-state index in [0.29, 0.717) is 41.9 Å². The van der Waals surface area contributed by atoms with Gasteiger partial charge in [0.2, 0.25) is 11.9 Å². The molecule has 2 N–H and O–H groups in total. The Hall–Kier alpha value is -3.64. The van der Waals surface area contributed by atoms with Crippen molar-refractivity contribution in [2.24, 2.45) is 0 Å². The third-order valence-corrected chi connectivity index (χ3v) is 4.99. The van der Waals surface area contributed by atoms with Gasteiger partial charge in [-0.2, -0.15) is 28.4 Å². The third-order valence-electron chi connectivity index (χ3n) is 4.99. The molecule has 0 saturated carbocycles. The fourth-order valence-electron chi connectivity index (χ4n) is 3.45. The number of amides is 1. The summed E-state index contributed by atoms with van der Waals surface area (Å²) in [5, 5.41) is 13.8. The number of aryl methyl sites for hydroxylation is 2. The van der Waals surface area contributed by atoms with Crippen molar-refractivity contribution in [2.45, 2.75) is 39.7 Å². The number of likely N-dealkylation sites (N-methyl/N-ethyl adjacent to an activating group) is 1. The van der Waals surface area contributed by atoms with Crippen molar-refractivity contribution in [3.8, 4) is 0 Å². The Morgan fingerprint density at radius 2 is 2.06 bits per heavy atom. The molecule has 0 spiro atoms.